The minimum atomic E-state index is -3.51. The van der Waals surface area contributed by atoms with Crippen LogP contribution < -0.4 is 4.72 Å². The van der Waals surface area contributed by atoms with Crippen molar-refractivity contribution in [2.45, 2.75) is 32.1 Å². The van der Waals surface area contributed by atoms with Crippen LogP contribution in [0.5, 0.6) is 0 Å². The summed E-state index contributed by atoms with van der Waals surface area (Å²) >= 11 is 0. The molecule has 0 radical (unpaired) electrons. The molecule has 1 unspecified atom stereocenters. The van der Waals surface area contributed by atoms with Gasteiger partial charge in [0.15, 0.2) is 0 Å². The van der Waals surface area contributed by atoms with Crippen molar-refractivity contribution in [3.63, 3.8) is 0 Å². The van der Waals surface area contributed by atoms with E-state index < -0.39 is 10.0 Å². The van der Waals surface area contributed by atoms with E-state index in [1.165, 1.54) is 0 Å². The van der Waals surface area contributed by atoms with Gasteiger partial charge in [-0.1, -0.05) is 38.7 Å². The molecule has 0 bridgehead atoms. The lowest BCUT2D eigenvalue weighted by Gasteiger charge is -2.16. The molecule has 21 heavy (non-hydrogen) atoms. The lowest BCUT2D eigenvalue weighted by Crippen LogP contribution is -2.30. The predicted molar refractivity (Wildman–Crippen MR) is 84.2 cm³/mol. The molecule has 0 aromatic heterocycles. The molecule has 2 N–H and O–H groups in total. The Morgan fingerprint density at radius 2 is 2.00 bits per heavy atom. The predicted octanol–water partition coefficient (Wildman–Crippen LogP) is 1.99. The first-order valence-corrected chi connectivity index (χ1v) is 8.54. The average Bonchev–Trinajstić information content (AvgIpc) is 2.45. The molecule has 0 aliphatic carbocycles. The van der Waals surface area contributed by atoms with Gasteiger partial charge in [-0.15, -0.1) is 0 Å². The minimum absolute atomic E-state index is 0.000362. The summed E-state index contributed by atoms with van der Waals surface area (Å²) < 4.78 is 27.1. The Hall–Kier alpha value is -1.35. The van der Waals surface area contributed by atoms with E-state index in [1.54, 1.807) is 24.3 Å². The molecule has 0 aliphatic heterocycles. The van der Waals surface area contributed by atoms with E-state index in [-0.39, 0.29) is 17.4 Å². The second kappa shape index (κ2) is 8.18. The third-order valence-electron chi connectivity index (χ3n) is 3.35. The van der Waals surface area contributed by atoms with Gasteiger partial charge >= 0.3 is 0 Å². The highest BCUT2D eigenvalue weighted by atomic mass is 32.2. The summed E-state index contributed by atoms with van der Waals surface area (Å²) in [7, 11) is -3.51. The van der Waals surface area contributed by atoms with Crippen LogP contribution in [0.15, 0.2) is 29.2 Å². The molecule has 0 heterocycles. The first-order valence-electron chi connectivity index (χ1n) is 7.06. The molecule has 0 spiro atoms. The number of sulfonamides is 1. The fourth-order valence-corrected chi connectivity index (χ4v) is 2.71. The van der Waals surface area contributed by atoms with Gasteiger partial charge in [0, 0.05) is 18.5 Å². The van der Waals surface area contributed by atoms with Crippen LogP contribution in [0.4, 0.5) is 0 Å². The fourth-order valence-electron chi connectivity index (χ4n) is 1.52. The Balaban J connectivity index is 2.84. The summed E-state index contributed by atoms with van der Waals surface area (Å²) in [6.07, 6.45) is 0.376. The summed E-state index contributed by atoms with van der Waals surface area (Å²) in [6.45, 7) is 6.57. The minimum Gasteiger partial charge on any atom is -0.395 e. The van der Waals surface area contributed by atoms with E-state index in [2.05, 4.69) is 30.4 Å². The van der Waals surface area contributed by atoms with Crippen molar-refractivity contribution >= 4 is 10.0 Å². The molecule has 0 saturated carbocycles. The average molecular weight is 309 g/mol. The molecule has 5 heteroatoms. The Labute approximate surface area is 127 Å². The first-order chi connectivity index (χ1) is 9.86. The normalized spacial score (nSPS) is 12.8. The Morgan fingerprint density at radius 1 is 1.29 bits per heavy atom. The Kier molecular flexibility index (Phi) is 6.90. The van der Waals surface area contributed by atoms with Crippen molar-refractivity contribution in [3.8, 4) is 11.8 Å². The zero-order chi connectivity index (χ0) is 15.9. The number of aliphatic hydroxyl groups excluding tert-OH is 1. The number of nitrogens with one attached hydrogen (secondary N) is 1. The van der Waals surface area contributed by atoms with E-state index in [1.807, 2.05) is 6.92 Å². The molecule has 0 saturated heterocycles. The van der Waals surface area contributed by atoms with E-state index in [4.69, 9.17) is 5.11 Å². The molecule has 1 aromatic carbocycles. The molecule has 0 aliphatic rings. The SMILES string of the molecule is CC(C)C(C)CNS(=O)(=O)c1cccc(C#CCCO)c1. The van der Waals surface area contributed by atoms with Crippen LogP contribution in [0.1, 0.15) is 32.8 Å². The maximum absolute atomic E-state index is 12.2. The van der Waals surface area contributed by atoms with Gasteiger partial charge in [-0.2, -0.15) is 0 Å². The van der Waals surface area contributed by atoms with E-state index in [9.17, 15) is 8.42 Å². The number of hydrogen-bond acceptors (Lipinski definition) is 3. The van der Waals surface area contributed by atoms with E-state index >= 15 is 0 Å². The van der Waals surface area contributed by atoms with E-state index in [0.717, 1.165) is 0 Å². The molecule has 116 valence electrons. The van der Waals surface area contributed by atoms with Gasteiger partial charge in [-0.3, -0.25) is 0 Å². The topological polar surface area (TPSA) is 66.4 Å². The monoisotopic (exact) mass is 309 g/mol. The van der Waals surface area contributed by atoms with Crippen molar-refractivity contribution in [2.24, 2.45) is 11.8 Å². The summed E-state index contributed by atoms with van der Waals surface area (Å²) in [5.41, 5.74) is 0.628. The number of rotatable bonds is 6. The van der Waals surface area contributed by atoms with Crippen LogP contribution >= 0.6 is 0 Å². The number of hydrogen-bond donors (Lipinski definition) is 2. The number of aliphatic hydroxyl groups is 1. The van der Waals surface area contributed by atoms with Gasteiger partial charge in [0.25, 0.3) is 0 Å². The quantitative estimate of drug-likeness (QED) is 0.790. The molecular weight excluding hydrogens is 286 g/mol. The summed E-state index contributed by atoms with van der Waals surface area (Å²) in [5, 5.41) is 8.69. The van der Waals surface area contributed by atoms with Gasteiger partial charge < -0.3 is 5.11 Å². The van der Waals surface area contributed by atoms with Crippen LogP contribution in [0, 0.1) is 23.7 Å². The maximum atomic E-state index is 12.2. The smallest absolute Gasteiger partial charge is 0.240 e. The lowest BCUT2D eigenvalue weighted by atomic mass is 9.99. The Bertz CT molecular complexity index is 612. The second-order valence-corrected chi connectivity index (χ2v) is 7.14. The second-order valence-electron chi connectivity index (χ2n) is 5.38. The standard InChI is InChI=1S/C16H23NO3S/c1-13(2)14(3)12-17-21(19,20)16-9-6-8-15(11-16)7-4-5-10-18/h6,8-9,11,13-14,17-18H,5,10,12H2,1-3H3. The molecule has 1 atom stereocenters. The first kappa shape index (κ1) is 17.7. The fraction of sp³-hybridized carbons (Fsp3) is 0.500. The van der Waals surface area contributed by atoms with Crippen molar-refractivity contribution < 1.29 is 13.5 Å². The van der Waals surface area contributed by atoms with Gasteiger partial charge in [-0.25, -0.2) is 13.1 Å². The number of benzene rings is 1. The maximum Gasteiger partial charge on any atom is 0.240 e. The van der Waals surface area contributed by atoms with Crippen LogP contribution in [0.25, 0.3) is 0 Å². The van der Waals surface area contributed by atoms with Gasteiger partial charge in [0.2, 0.25) is 10.0 Å². The molecule has 1 aromatic rings. The van der Waals surface area contributed by atoms with Crippen molar-refractivity contribution in [1.82, 2.24) is 4.72 Å². The Morgan fingerprint density at radius 3 is 2.62 bits per heavy atom. The van der Waals surface area contributed by atoms with Crippen LogP contribution in [0.3, 0.4) is 0 Å². The molecule has 0 amide bonds. The lowest BCUT2D eigenvalue weighted by molar-refractivity contribution is 0.305. The summed E-state index contributed by atoms with van der Waals surface area (Å²) in [4.78, 5) is 0.217. The van der Waals surface area contributed by atoms with Crippen LogP contribution in [-0.4, -0.2) is 26.7 Å². The largest absolute Gasteiger partial charge is 0.395 e. The van der Waals surface area contributed by atoms with Gasteiger partial charge in [0.1, 0.15) is 0 Å². The highest BCUT2D eigenvalue weighted by Gasteiger charge is 2.16. The highest BCUT2D eigenvalue weighted by molar-refractivity contribution is 7.89. The third kappa shape index (κ3) is 5.88. The highest BCUT2D eigenvalue weighted by Crippen LogP contribution is 2.13. The molecule has 4 nitrogen and oxygen atoms in total. The van der Waals surface area contributed by atoms with E-state index in [0.29, 0.717) is 24.4 Å². The van der Waals surface area contributed by atoms with Crippen LogP contribution in [0.2, 0.25) is 0 Å². The van der Waals surface area contributed by atoms with Gasteiger partial charge in [0.05, 0.1) is 11.5 Å². The van der Waals surface area contributed by atoms with Crippen LogP contribution in [-0.2, 0) is 10.0 Å². The molecular formula is C16H23NO3S. The molecule has 1 rings (SSSR count). The summed E-state index contributed by atoms with van der Waals surface area (Å²) in [5.74, 6) is 6.31. The van der Waals surface area contributed by atoms with Crippen molar-refractivity contribution in [1.29, 1.82) is 0 Å². The van der Waals surface area contributed by atoms with Gasteiger partial charge in [-0.05, 0) is 30.0 Å². The van der Waals surface area contributed by atoms with Crippen molar-refractivity contribution in [2.75, 3.05) is 13.2 Å². The molecule has 0 fully saturated rings. The third-order valence-corrected chi connectivity index (χ3v) is 4.77. The van der Waals surface area contributed by atoms with Crippen molar-refractivity contribution in [3.05, 3.63) is 29.8 Å². The zero-order valence-electron chi connectivity index (χ0n) is 12.8. The zero-order valence-corrected chi connectivity index (χ0v) is 13.6. The summed E-state index contributed by atoms with van der Waals surface area (Å²) in [6, 6.07) is 6.52.